The van der Waals surface area contributed by atoms with E-state index >= 15 is 0 Å². The molecule has 1 amide bonds. The Labute approximate surface area is 126 Å². The average molecular weight is 430 g/mol. The summed E-state index contributed by atoms with van der Waals surface area (Å²) in [4.78, 5) is 22.8. The van der Waals surface area contributed by atoms with E-state index in [1.165, 1.54) is 25.3 Å². The SMILES string of the molecule is COC(=O)C(I)CNC(=O)c1ccc(F)c(Br)c1. The second-order valence-electron chi connectivity index (χ2n) is 3.33. The lowest BCUT2D eigenvalue weighted by Gasteiger charge is -2.09. The van der Waals surface area contributed by atoms with E-state index in [1.807, 2.05) is 22.6 Å². The zero-order chi connectivity index (χ0) is 13.7. The molecule has 0 radical (unpaired) electrons. The molecule has 0 bridgehead atoms. The highest BCUT2D eigenvalue weighted by Crippen LogP contribution is 2.16. The first-order chi connectivity index (χ1) is 8.45. The standard InChI is InChI=1S/C11H10BrFINO3/c1-18-11(17)9(14)5-15-10(16)6-2-3-8(13)7(12)4-6/h2-4,9H,5H2,1H3,(H,15,16). The van der Waals surface area contributed by atoms with E-state index in [9.17, 15) is 14.0 Å². The summed E-state index contributed by atoms with van der Waals surface area (Å²) in [6.07, 6.45) is 0. The Morgan fingerprint density at radius 1 is 1.56 bits per heavy atom. The van der Waals surface area contributed by atoms with E-state index in [4.69, 9.17) is 0 Å². The molecule has 1 unspecified atom stereocenters. The third-order valence-electron chi connectivity index (χ3n) is 2.08. The van der Waals surface area contributed by atoms with Crippen LogP contribution in [0.15, 0.2) is 22.7 Å². The molecule has 1 aromatic rings. The summed E-state index contributed by atoms with van der Waals surface area (Å²) >= 11 is 4.87. The van der Waals surface area contributed by atoms with Gasteiger partial charge in [-0.1, -0.05) is 22.6 Å². The fraction of sp³-hybridized carbons (Fsp3) is 0.273. The van der Waals surface area contributed by atoms with Gasteiger partial charge in [-0.15, -0.1) is 0 Å². The van der Waals surface area contributed by atoms with Crippen LogP contribution in [0, 0.1) is 5.82 Å². The number of carbonyl (C=O) groups is 2. The summed E-state index contributed by atoms with van der Waals surface area (Å²) in [5.74, 6) is -1.22. The van der Waals surface area contributed by atoms with E-state index < -0.39 is 15.7 Å². The molecule has 0 aromatic heterocycles. The topological polar surface area (TPSA) is 55.4 Å². The maximum Gasteiger partial charge on any atom is 0.320 e. The summed E-state index contributed by atoms with van der Waals surface area (Å²) in [5.41, 5.74) is 0.316. The Kier molecular flexibility index (Phi) is 6.00. The van der Waals surface area contributed by atoms with Crippen molar-refractivity contribution in [1.29, 1.82) is 0 Å². The Balaban J connectivity index is 2.60. The average Bonchev–Trinajstić information content (AvgIpc) is 2.37. The third kappa shape index (κ3) is 4.20. The van der Waals surface area contributed by atoms with Gasteiger partial charge in [-0.2, -0.15) is 0 Å². The number of ether oxygens (including phenoxy) is 1. The molecule has 0 heterocycles. The van der Waals surface area contributed by atoms with Gasteiger partial charge >= 0.3 is 5.97 Å². The van der Waals surface area contributed by atoms with Gasteiger partial charge in [-0.05, 0) is 34.1 Å². The minimum atomic E-state index is -0.458. The molecule has 4 nitrogen and oxygen atoms in total. The fourth-order valence-electron chi connectivity index (χ4n) is 1.13. The molecule has 18 heavy (non-hydrogen) atoms. The molecule has 0 aliphatic heterocycles. The number of hydrogen-bond acceptors (Lipinski definition) is 3. The largest absolute Gasteiger partial charge is 0.468 e. The predicted molar refractivity (Wildman–Crippen MR) is 76.3 cm³/mol. The van der Waals surface area contributed by atoms with Crippen LogP contribution in [0.2, 0.25) is 0 Å². The minimum Gasteiger partial charge on any atom is -0.468 e. The second kappa shape index (κ2) is 7.03. The molecular formula is C11H10BrFINO3. The van der Waals surface area contributed by atoms with Gasteiger partial charge in [0.1, 0.15) is 9.74 Å². The number of methoxy groups -OCH3 is 1. The van der Waals surface area contributed by atoms with Crippen LogP contribution < -0.4 is 5.32 Å². The summed E-state index contributed by atoms with van der Waals surface area (Å²) in [6.45, 7) is 0.154. The van der Waals surface area contributed by atoms with Crippen molar-refractivity contribution in [3.63, 3.8) is 0 Å². The third-order valence-corrected chi connectivity index (χ3v) is 3.64. The van der Waals surface area contributed by atoms with E-state index in [0.29, 0.717) is 5.56 Å². The molecule has 1 aromatic carbocycles. The monoisotopic (exact) mass is 429 g/mol. The quantitative estimate of drug-likeness (QED) is 0.454. The molecule has 98 valence electrons. The zero-order valence-electron chi connectivity index (χ0n) is 9.38. The van der Waals surface area contributed by atoms with Crippen molar-refractivity contribution in [2.45, 2.75) is 3.92 Å². The number of amides is 1. The molecule has 0 aliphatic rings. The highest BCUT2D eigenvalue weighted by Gasteiger charge is 2.16. The highest BCUT2D eigenvalue weighted by atomic mass is 127. The van der Waals surface area contributed by atoms with Crippen molar-refractivity contribution in [3.05, 3.63) is 34.1 Å². The fourth-order valence-corrected chi connectivity index (χ4v) is 1.99. The predicted octanol–water partition coefficient (Wildman–Crippen LogP) is 2.29. The molecule has 0 spiro atoms. The lowest BCUT2D eigenvalue weighted by atomic mass is 10.2. The lowest BCUT2D eigenvalue weighted by Crippen LogP contribution is -2.33. The van der Waals surface area contributed by atoms with Crippen molar-refractivity contribution >= 4 is 50.4 Å². The van der Waals surface area contributed by atoms with E-state index in [2.05, 4.69) is 26.0 Å². The lowest BCUT2D eigenvalue weighted by molar-refractivity contribution is -0.139. The molecule has 0 saturated carbocycles. The van der Waals surface area contributed by atoms with E-state index in [0.717, 1.165) is 0 Å². The molecule has 1 atom stereocenters. The Bertz CT molecular complexity index is 470. The van der Waals surface area contributed by atoms with Crippen LogP contribution in [-0.4, -0.2) is 29.5 Å². The van der Waals surface area contributed by atoms with Crippen molar-refractivity contribution in [3.8, 4) is 0 Å². The summed E-state index contributed by atoms with van der Waals surface area (Å²) < 4.78 is 17.3. The van der Waals surface area contributed by atoms with Gasteiger partial charge in [0.05, 0.1) is 11.6 Å². The number of hydrogen-bond donors (Lipinski definition) is 1. The molecule has 1 N–H and O–H groups in total. The van der Waals surface area contributed by atoms with Crippen LogP contribution >= 0.6 is 38.5 Å². The van der Waals surface area contributed by atoms with Crippen LogP contribution in [0.25, 0.3) is 0 Å². The van der Waals surface area contributed by atoms with Gasteiger partial charge in [-0.3, -0.25) is 9.59 Å². The van der Waals surface area contributed by atoms with Gasteiger partial charge in [0.25, 0.3) is 5.91 Å². The first kappa shape index (κ1) is 15.4. The minimum absolute atomic E-state index is 0.154. The summed E-state index contributed by atoms with van der Waals surface area (Å²) in [5, 5.41) is 2.57. The Morgan fingerprint density at radius 2 is 2.22 bits per heavy atom. The Morgan fingerprint density at radius 3 is 2.78 bits per heavy atom. The first-order valence-corrected chi connectivity index (χ1v) is 6.94. The van der Waals surface area contributed by atoms with Gasteiger partial charge < -0.3 is 10.1 Å². The normalized spacial score (nSPS) is 11.8. The van der Waals surface area contributed by atoms with Crippen molar-refractivity contribution in [2.75, 3.05) is 13.7 Å². The van der Waals surface area contributed by atoms with Crippen LogP contribution in [-0.2, 0) is 9.53 Å². The molecule has 7 heteroatoms. The smallest absolute Gasteiger partial charge is 0.320 e. The number of alkyl halides is 1. The first-order valence-electron chi connectivity index (χ1n) is 4.91. The maximum atomic E-state index is 13.0. The van der Waals surface area contributed by atoms with Crippen LogP contribution in [0.3, 0.4) is 0 Å². The molecule has 0 aliphatic carbocycles. The van der Waals surface area contributed by atoms with Gasteiger partial charge in [0.2, 0.25) is 0 Å². The van der Waals surface area contributed by atoms with Gasteiger partial charge in [0.15, 0.2) is 0 Å². The van der Waals surface area contributed by atoms with Gasteiger partial charge in [-0.25, -0.2) is 4.39 Å². The number of rotatable bonds is 4. The highest BCUT2D eigenvalue weighted by molar-refractivity contribution is 14.1. The molecular weight excluding hydrogens is 420 g/mol. The number of benzene rings is 1. The number of nitrogens with one attached hydrogen (secondary N) is 1. The number of halogens is 3. The zero-order valence-corrected chi connectivity index (χ0v) is 13.1. The van der Waals surface area contributed by atoms with Crippen molar-refractivity contribution < 1.29 is 18.7 Å². The molecule has 0 saturated heterocycles. The van der Waals surface area contributed by atoms with Crippen molar-refractivity contribution in [2.24, 2.45) is 0 Å². The van der Waals surface area contributed by atoms with Crippen molar-refractivity contribution in [1.82, 2.24) is 5.32 Å². The van der Waals surface area contributed by atoms with E-state index in [1.54, 1.807) is 0 Å². The van der Waals surface area contributed by atoms with Crippen LogP contribution in [0.4, 0.5) is 4.39 Å². The molecule has 1 rings (SSSR count). The van der Waals surface area contributed by atoms with Crippen LogP contribution in [0.1, 0.15) is 10.4 Å². The van der Waals surface area contributed by atoms with E-state index in [-0.39, 0.29) is 16.9 Å². The Hall–Kier alpha value is -0.700. The second-order valence-corrected chi connectivity index (χ2v) is 5.69. The molecule has 0 fully saturated rings. The summed E-state index contributed by atoms with van der Waals surface area (Å²) in [6, 6.07) is 3.95. The maximum absolute atomic E-state index is 13.0. The number of esters is 1. The van der Waals surface area contributed by atoms with Gasteiger partial charge in [0, 0.05) is 12.1 Å². The summed E-state index contributed by atoms with van der Waals surface area (Å²) in [7, 11) is 1.28. The van der Waals surface area contributed by atoms with Crippen LogP contribution in [0.5, 0.6) is 0 Å². The number of carbonyl (C=O) groups excluding carboxylic acids is 2.